The van der Waals surface area contributed by atoms with Crippen LogP contribution in [-0.2, 0) is 16.6 Å². The molecule has 0 spiro atoms. The number of aryl methyl sites for hydroxylation is 1. The summed E-state index contributed by atoms with van der Waals surface area (Å²) in [4.78, 5) is 12.4. The van der Waals surface area contributed by atoms with Crippen molar-refractivity contribution in [1.29, 1.82) is 0 Å². The highest BCUT2D eigenvalue weighted by Gasteiger charge is 2.17. The standard InChI is InChI=1S/C18H22N2O3S/c1-13(2)20-24(22,23)17-9-5-8-16(11-17)18(21)19-12-15-7-4-6-14(3)10-15/h4-11,13,20H,12H2,1-3H3,(H,19,21). The van der Waals surface area contributed by atoms with Gasteiger partial charge in [-0.05, 0) is 44.5 Å². The minimum Gasteiger partial charge on any atom is -0.348 e. The maximum Gasteiger partial charge on any atom is 0.251 e. The van der Waals surface area contributed by atoms with Gasteiger partial charge in [-0.15, -0.1) is 0 Å². The zero-order valence-electron chi connectivity index (χ0n) is 14.0. The molecule has 0 fully saturated rings. The summed E-state index contributed by atoms with van der Waals surface area (Å²) in [5.74, 6) is -0.307. The largest absolute Gasteiger partial charge is 0.348 e. The molecule has 0 bridgehead atoms. The molecule has 0 aliphatic heterocycles. The average Bonchev–Trinajstić information content (AvgIpc) is 2.51. The molecule has 128 valence electrons. The van der Waals surface area contributed by atoms with Crippen molar-refractivity contribution in [2.75, 3.05) is 0 Å². The van der Waals surface area contributed by atoms with Crippen LogP contribution in [0.5, 0.6) is 0 Å². The van der Waals surface area contributed by atoms with Crippen molar-refractivity contribution < 1.29 is 13.2 Å². The molecule has 0 atom stereocenters. The predicted molar refractivity (Wildman–Crippen MR) is 94.2 cm³/mol. The highest BCUT2D eigenvalue weighted by Crippen LogP contribution is 2.12. The maximum absolute atomic E-state index is 12.3. The summed E-state index contributed by atoms with van der Waals surface area (Å²) in [7, 11) is -3.62. The topological polar surface area (TPSA) is 75.3 Å². The Hall–Kier alpha value is -2.18. The number of benzene rings is 2. The maximum atomic E-state index is 12.3. The van der Waals surface area contributed by atoms with Crippen LogP contribution in [-0.4, -0.2) is 20.4 Å². The molecule has 0 aliphatic rings. The smallest absolute Gasteiger partial charge is 0.251 e. The van der Waals surface area contributed by atoms with E-state index in [4.69, 9.17) is 0 Å². The minimum absolute atomic E-state index is 0.0828. The molecular formula is C18H22N2O3S. The van der Waals surface area contributed by atoms with Gasteiger partial charge in [0.25, 0.3) is 5.91 Å². The number of hydrogen-bond acceptors (Lipinski definition) is 3. The van der Waals surface area contributed by atoms with Gasteiger partial charge in [0, 0.05) is 18.2 Å². The number of rotatable bonds is 6. The molecule has 0 radical (unpaired) electrons. The summed E-state index contributed by atoms with van der Waals surface area (Å²) in [5.41, 5.74) is 2.43. The predicted octanol–water partition coefficient (Wildman–Crippen LogP) is 2.61. The third kappa shape index (κ3) is 4.91. The van der Waals surface area contributed by atoms with Crippen LogP contribution in [0.3, 0.4) is 0 Å². The number of carbonyl (C=O) groups is 1. The fraction of sp³-hybridized carbons (Fsp3) is 0.278. The number of nitrogens with one attached hydrogen (secondary N) is 2. The van der Waals surface area contributed by atoms with Crippen LogP contribution in [0.1, 0.15) is 35.3 Å². The molecule has 0 unspecified atom stereocenters. The fourth-order valence-corrected chi connectivity index (χ4v) is 3.59. The summed E-state index contributed by atoms with van der Waals surface area (Å²) in [6.45, 7) is 5.87. The van der Waals surface area contributed by atoms with E-state index in [1.807, 2.05) is 31.2 Å². The lowest BCUT2D eigenvalue weighted by Crippen LogP contribution is -2.30. The molecular weight excluding hydrogens is 324 g/mol. The van der Waals surface area contributed by atoms with Crippen LogP contribution in [0.15, 0.2) is 53.4 Å². The van der Waals surface area contributed by atoms with Crippen LogP contribution in [0.4, 0.5) is 0 Å². The lowest BCUT2D eigenvalue weighted by atomic mass is 10.1. The first kappa shape index (κ1) is 18.2. The van der Waals surface area contributed by atoms with E-state index < -0.39 is 10.0 Å². The van der Waals surface area contributed by atoms with Gasteiger partial charge in [-0.3, -0.25) is 4.79 Å². The number of carbonyl (C=O) groups excluding carboxylic acids is 1. The first-order valence-electron chi connectivity index (χ1n) is 7.74. The molecule has 0 saturated carbocycles. The van der Waals surface area contributed by atoms with E-state index in [9.17, 15) is 13.2 Å². The van der Waals surface area contributed by atoms with Crippen molar-refractivity contribution in [3.63, 3.8) is 0 Å². The van der Waals surface area contributed by atoms with Gasteiger partial charge in [-0.1, -0.05) is 35.9 Å². The van der Waals surface area contributed by atoms with Gasteiger partial charge in [0.1, 0.15) is 0 Å². The Bertz CT molecular complexity index is 830. The molecule has 0 saturated heterocycles. The minimum atomic E-state index is -3.62. The van der Waals surface area contributed by atoms with Crippen LogP contribution < -0.4 is 10.0 Å². The van der Waals surface area contributed by atoms with Crippen LogP contribution in [0.2, 0.25) is 0 Å². The van der Waals surface area contributed by atoms with Gasteiger partial charge in [-0.2, -0.15) is 0 Å². The Morgan fingerprint density at radius 2 is 1.79 bits per heavy atom. The van der Waals surface area contributed by atoms with Crippen molar-refractivity contribution in [3.8, 4) is 0 Å². The van der Waals surface area contributed by atoms with Crippen molar-refractivity contribution in [2.24, 2.45) is 0 Å². The summed E-state index contributed by atoms with van der Waals surface area (Å²) in [5, 5.41) is 2.81. The van der Waals surface area contributed by atoms with Gasteiger partial charge in [0.15, 0.2) is 0 Å². The van der Waals surface area contributed by atoms with E-state index in [0.717, 1.165) is 11.1 Å². The molecule has 2 N–H and O–H groups in total. The normalized spacial score (nSPS) is 11.5. The number of hydrogen-bond donors (Lipinski definition) is 2. The second kappa shape index (κ2) is 7.59. The first-order valence-corrected chi connectivity index (χ1v) is 9.22. The van der Waals surface area contributed by atoms with E-state index in [1.165, 1.54) is 12.1 Å². The summed E-state index contributed by atoms with van der Waals surface area (Å²) in [6.07, 6.45) is 0. The zero-order valence-corrected chi connectivity index (χ0v) is 14.9. The van der Waals surface area contributed by atoms with Crippen LogP contribution >= 0.6 is 0 Å². The second-order valence-corrected chi connectivity index (χ2v) is 7.69. The lowest BCUT2D eigenvalue weighted by Gasteiger charge is -2.11. The van der Waals surface area contributed by atoms with Crippen molar-refractivity contribution >= 4 is 15.9 Å². The average molecular weight is 346 g/mol. The summed E-state index contributed by atoms with van der Waals surface area (Å²) < 4.78 is 26.9. The quantitative estimate of drug-likeness (QED) is 0.844. The SMILES string of the molecule is Cc1cccc(CNC(=O)c2cccc(S(=O)(=O)NC(C)C)c2)c1. The molecule has 5 nitrogen and oxygen atoms in total. The molecule has 24 heavy (non-hydrogen) atoms. The van der Waals surface area contributed by atoms with Crippen molar-refractivity contribution in [2.45, 2.75) is 38.3 Å². The third-order valence-electron chi connectivity index (χ3n) is 3.33. The monoisotopic (exact) mass is 346 g/mol. The first-order chi connectivity index (χ1) is 11.3. The Labute approximate surface area is 143 Å². The van der Waals surface area contributed by atoms with Gasteiger partial charge < -0.3 is 5.32 Å². The molecule has 2 aromatic rings. The van der Waals surface area contributed by atoms with Gasteiger partial charge in [0.05, 0.1) is 4.90 Å². The Kier molecular flexibility index (Phi) is 5.75. The van der Waals surface area contributed by atoms with E-state index in [1.54, 1.807) is 26.0 Å². The molecule has 2 aromatic carbocycles. The lowest BCUT2D eigenvalue weighted by molar-refractivity contribution is 0.0950. The van der Waals surface area contributed by atoms with Gasteiger partial charge in [-0.25, -0.2) is 13.1 Å². The van der Waals surface area contributed by atoms with E-state index in [-0.39, 0.29) is 16.8 Å². The summed E-state index contributed by atoms with van der Waals surface area (Å²) >= 11 is 0. The third-order valence-corrected chi connectivity index (χ3v) is 4.99. The van der Waals surface area contributed by atoms with E-state index in [2.05, 4.69) is 10.0 Å². The van der Waals surface area contributed by atoms with Crippen LogP contribution in [0.25, 0.3) is 0 Å². The Morgan fingerprint density at radius 1 is 1.08 bits per heavy atom. The molecule has 2 rings (SSSR count). The van der Waals surface area contributed by atoms with Gasteiger partial charge in [0.2, 0.25) is 10.0 Å². The van der Waals surface area contributed by atoms with E-state index >= 15 is 0 Å². The van der Waals surface area contributed by atoms with Crippen LogP contribution in [0, 0.1) is 6.92 Å². The summed E-state index contributed by atoms with van der Waals surface area (Å²) in [6, 6.07) is 13.7. The number of sulfonamides is 1. The molecule has 1 amide bonds. The molecule has 0 aromatic heterocycles. The zero-order chi connectivity index (χ0) is 17.7. The highest BCUT2D eigenvalue weighted by molar-refractivity contribution is 7.89. The fourth-order valence-electron chi connectivity index (χ4n) is 2.29. The van der Waals surface area contributed by atoms with Crippen molar-refractivity contribution in [3.05, 3.63) is 65.2 Å². The molecule has 6 heteroatoms. The molecule has 0 aliphatic carbocycles. The Morgan fingerprint density at radius 3 is 2.46 bits per heavy atom. The molecule has 0 heterocycles. The highest BCUT2D eigenvalue weighted by atomic mass is 32.2. The number of amides is 1. The van der Waals surface area contributed by atoms with Gasteiger partial charge >= 0.3 is 0 Å². The Balaban J connectivity index is 2.12. The second-order valence-electron chi connectivity index (χ2n) is 5.98. The van der Waals surface area contributed by atoms with E-state index in [0.29, 0.717) is 12.1 Å². The van der Waals surface area contributed by atoms with Crippen molar-refractivity contribution in [1.82, 2.24) is 10.0 Å².